The van der Waals surface area contributed by atoms with Crippen molar-refractivity contribution in [3.8, 4) is 0 Å². The molecule has 2 aromatic heterocycles. The Kier molecular flexibility index (Phi) is 4.79. The van der Waals surface area contributed by atoms with Gasteiger partial charge in [-0.1, -0.05) is 30.3 Å². The average Bonchev–Trinajstić information content (AvgIpc) is 3.26. The molecule has 0 saturated carbocycles. The van der Waals surface area contributed by atoms with Gasteiger partial charge < -0.3 is 13.9 Å². The third-order valence-electron chi connectivity index (χ3n) is 4.19. The van der Waals surface area contributed by atoms with Gasteiger partial charge in [-0.3, -0.25) is 4.79 Å². The van der Waals surface area contributed by atoms with Crippen LogP contribution >= 0.6 is 0 Å². The smallest absolute Gasteiger partial charge is 0.223 e. The van der Waals surface area contributed by atoms with Crippen molar-refractivity contribution in [2.45, 2.75) is 18.9 Å². The molecule has 1 atom stereocenters. The standard InChI is InChI=1S/C19H21N3O2/c1-21-11-10-20-18(21)14-22(2)19(23)13-16(17-9-6-12-24-17)15-7-4-3-5-8-15/h3-12,16H,13-14H2,1-2H3. The Hall–Kier alpha value is -2.82. The number of benzene rings is 1. The van der Waals surface area contributed by atoms with Crippen LogP contribution in [0.4, 0.5) is 0 Å². The second kappa shape index (κ2) is 7.17. The molecule has 0 radical (unpaired) electrons. The first-order valence-electron chi connectivity index (χ1n) is 7.93. The molecule has 0 aliphatic heterocycles. The molecule has 3 rings (SSSR count). The second-order valence-electron chi connectivity index (χ2n) is 5.89. The number of carbonyl (C=O) groups excluding carboxylic acids is 1. The van der Waals surface area contributed by atoms with E-state index in [0.29, 0.717) is 13.0 Å². The van der Waals surface area contributed by atoms with Gasteiger partial charge in [-0.15, -0.1) is 0 Å². The normalized spacial score (nSPS) is 12.1. The van der Waals surface area contributed by atoms with E-state index < -0.39 is 0 Å². The summed E-state index contributed by atoms with van der Waals surface area (Å²) in [6.07, 6.45) is 5.62. The number of aryl methyl sites for hydroxylation is 1. The largest absolute Gasteiger partial charge is 0.469 e. The average molecular weight is 323 g/mol. The minimum Gasteiger partial charge on any atom is -0.469 e. The third kappa shape index (κ3) is 3.56. The summed E-state index contributed by atoms with van der Waals surface area (Å²) in [6, 6.07) is 13.8. The van der Waals surface area contributed by atoms with Crippen molar-refractivity contribution in [1.82, 2.24) is 14.5 Å². The Bertz CT molecular complexity index is 778. The summed E-state index contributed by atoms with van der Waals surface area (Å²) in [5.41, 5.74) is 1.08. The van der Waals surface area contributed by atoms with Crippen LogP contribution in [-0.4, -0.2) is 27.4 Å². The number of aromatic nitrogens is 2. The van der Waals surface area contributed by atoms with Crippen molar-refractivity contribution in [3.63, 3.8) is 0 Å². The van der Waals surface area contributed by atoms with Crippen molar-refractivity contribution in [2.24, 2.45) is 7.05 Å². The van der Waals surface area contributed by atoms with Crippen molar-refractivity contribution >= 4 is 5.91 Å². The number of nitrogens with zero attached hydrogens (tertiary/aromatic N) is 3. The van der Waals surface area contributed by atoms with Gasteiger partial charge in [0.15, 0.2) is 0 Å². The SMILES string of the molecule is CN(Cc1nccn1C)C(=O)CC(c1ccccc1)c1ccco1. The Morgan fingerprint density at radius 2 is 2.04 bits per heavy atom. The highest BCUT2D eigenvalue weighted by molar-refractivity contribution is 5.77. The van der Waals surface area contributed by atoms with E-state index in [1.165, 1.54) is 0 Å². The lowest BCUT2D eigenvalue weighted by Crippen LogP contribution is -2.29. The fourth-order valence-electron chi connectivity index (χ4n) is 2.74. The fraction of sp³-hybridized carbons (Fsp3) is 0.263. The third-order valence-corrected chi connectivity index (χ3v) is 4.19. The van der Waals surface area contributed by atoms with E-state index in [9.17, 15) is 4.79 Å². The van der Waals surface area contributed by atoms with Gasteiger partial charge in [-0.25, -0.2) is 4.98 Å². The first kappa shape index (κ1) is 16.1. The summed E-state index contributed by atoms with van der Waals surface area (Å²) in [5, 5.41) is 0. The molecule has 1 aromatic carbocycles. The summed E-state index contributed by atoms with van der Waals surface area (Å²) in [5.74, 6) is 1.64. The molecule has 2 heterocycles. The van der Waals surface area contributed by atoms with Crippen LogP contribution in [0.3, 0.4) is 0 Å². The van der Waals surface area contributed by atoms with E-state index in [0.717, 1.165) is 17.1 Å². The minimum absolute atomic E-state index is 0.0586. The zero-order chi connectivity index (χ0) is 16.9. The lowest BCUT2D eigenvalue weighted by atomic mass is 9.93. The predicted octanol–water partition coefficient (Wildman–Crippen LogP) is 3.19. The molecule has 0 spiro atoms. The molecule has 0 aliphatic carbocycles. The summed E-state index contributed by atoms with van der Waals surface area (Å²) in [4.78, 5) is 18.7. The maximum atomic E-state index is 12.7. The molecule has 3 aromatic rings. The molecule has 0 N–H and O–H groups in total. The van der Waals surface area contributed by atoms with E-state index >= 15 is 0 Å². The van der Waals surface area contributed by atoms with Crippen LogP contribution in [0.25, 0.3) is 0 Å². The highest BCUT2D eigenvalue weighted by Crippen LogP contribution is 2.29. The van der Waals surface area contributed by atoms with Crippen LogP contribution in [0.2, 0.25) is 0 Å². The molecule has 24 heavy (non-hydrogen) atoms. The topological polar surface area (TPSA) is 51.3 Å². The first-order valence-corrected chi connectivity index (χ1v) is 7.93. The molecular weight excluding hydrogens is 302 g/mol. The van der Waals surface area contributed by atoms with E-state index in [2.05, 4.69) is 4.98 Å². The zero-order valence-electron chi connectivity index (χ0n) is 13.9. The van der Waals surface area contributed by atoms with E-state index in [1.807, 2.05) is 60.3 Å². The van der Waals surface area contributed by atoms with E-state index in [-0.39, 0.29) is 11.8 Å². The van der Waals surface area contributed by atoms with Gasteiger partial charge in [-0.2, -0.15) is 0 Å². The Balaban J connectivity index is 1.75. The summed E-state index contributed by atoms with van der Waals surface area (Å²) < 4.78 is 7.49. The zero-order valence-corrected chi connectivity index (χ0v) is 13.9. The lowest BCUT2D eigenvalue weighted by molar-refractivity contribution is -0.130. The highest BCUT2D eigenvalue weighted by atomic mass is 16.3. The van der Waals surface area contributed by atoms with Gasteiger partial charge in [0.25, 0.3) is 0 Å². The molecule has 1 unspecified atom stereocenters. The maximum absolute atomic E-state index is 12.7. The van der Waals surface area contributed by atoms with Gasteiger partial charge >= 0.3 is 0 Å². The van der Waals surface area contributed by atoms with Crippen molar-refractivity contribution in [2.75, 3.05) is 7.05 Å². The summed E-state index contributed by atoms with van der Waals surface area (Å²) >= 11 is 0. The highest BCUT2D eigenvalue weighted by Gasteiger charge is 2.23. The van der Waals surface area contributed by atoms with Crippen molar-refractivity contribution in [3.05, 3.63) is 78.3 Å². The fourth-order valence-corrected chi connectivity index (χ4v) is 2.74. The number of carbonyl (C=O) groups is 1. The Morgan fingerprint density at radius 3 is 2.67 bits per heavy atom. The van der Waals surface area contributed by atoms with Crippen LogP contribution in [-0.2, 0) is 18.4 Å². The molecule has 0 aliphatic rings. The van der Waals surface area contributed by atoms with Gasteiger partial charge in [-0.05, 0) is 17.7 Å². The van der Waals surface area contributed by atoms with Crippen LogP contribution < -0.4 is 0 Å². The van der Waals surface area contributed by atoms with Crippen LogP contribution in [0, 0.1) is 0 Å². The van der Waals surface area contributed by atoms with Crippen molar-refractivity contribution in [1.29, 1.82) is 0 Å². The minimum atomic E-state index is -0.0856. The summed E-state index contributed by atoms with van der Waals surface area (Å²) in [6.45, 7) is 0.488. The number of furan rings is 1. The molecule has 0 bridgehead atoms. The van der Waals surface area contributed by atoms with Crippen LogP contribution in [0.15, 0.2) is 65.5 Å². The van der Waals surface area contributed by atoms with Crippen molar-refractivity contribution < 1.29 is 9.21 Å². The quantitative estimate of drug-likeness (QED) is 0.700. The molecule has 5 nitrogen and oxygen atoms in total. The maximum Gasteiger partial charge on any atom is 0.223 e. The van der Waals surface area contributed by atoms with Crippen LogP contribution in [0.5, 0.6) is 0 Å². The predicted molar refractivity (Wildman–Crippen MR) is 91.3 cm³/mol. The van der Waals surface area contributed by atoms with E-state index in [1.54, 1.807) is 24.4 Å². The number of hydrogen-bond acceptors (Lipinski definition) is 3. The Morgan fingerprint density at radius 1 is 1.25 bits per heavy atom. The number of imidazole rings is 1. The molecule has 5 heteroatoms. The van der Waals surface area contributed by atoms with E-state index in [4.69, 9.17) is 4.42 Å². The molecule has 0 fully saturated rings. The van der Waals surface area contributed by atoms with Crippen LogP contribution in [0.1, 0.15) is 29.5 Å². The van der Waals surface area contributed by atoms with Gasteiger partial charge in [0.05, 0.1) is 18.7 Å². The molecule has 124 valence electrons. The van der Waals surface area contributed by atoms with Gasteiger partial charge in [0.1, 0.15) is 11.6 Å². The van der Waals surface area contributed by atoms with Gasteiger partial charge in [0.2, 0.25) is 5.91 Å². The number of rotatable bonds is 6. The van der Waals surface area contributed by atoms with Gasteiger partial charge in [0, 0.05) is 32.9 Å². The molecule has 0 saturated heterocycles. The second-order valence-corrected chi connectivity index (χ2v) is 5.89. The molecule has 1 amide bonds. The first-order chi connectivity index (χ1) is 11.6. The monoisotopic (exact) mass is 323 g/mol. The summed E-state index contributed by atoms with van der Waals surface area (Å²) in [7, 11) is 3.73. The molecular formula is C19H21N3O2. The lowest BCUT2D eigenvalue weighted by Gasteiger charge is -2.21. The number of amides is 1. The number of hydrogen-bond donors (Lipinski definition) is 0. The Labute approximate surface area is 141 Å².